The molecule has 5 heteroatoms. The van der Waals surface area contributed by atoms with Crippen molar-refractivity contribution < 1.29 is 0 Å². The van der Waals surface area contributed by atoms with Crippen LogP contribution in [0.2, 0.25) is 0 Å². The van der Waals surface area contributed by atoms with E-state index in [0.29, 0.717) is 17.5 Å². The van der Waals surface area contributed by atoms with Gasteiger partial charge >= 0.3 is 0 Å². The highest BCUT2D eigenvalue weighted by atomic mass is 15.1. The van der Waals surface area contributed by atoms with Gasteiger partial charge in [-0.3, -0.25) is 0 Å². The molecule has 56 heavy (non-hydrogen) atoms. The van der Waals surface area contributed by atoms with Gasteiger partial charge in [-0.15, -0.1) is 0 Å². The molecule has 0 N–H and O–H groups in total. The van der Waals surface area contributed by atoms with Crippen LogP contribution in [0, 0.1) is 0 Å². The van der Waals surface area contributed by atoms with Gasteiger partial charge in [0.25, 0.3) is 0 Å². The van der Waals surface area contributed by atoms with Gasteiger partial charge in [-0.1, -0.05) is 152 Å². The van der Waals surface area contributed by atoms with E-state index >= 15 is 0 Å². The monoisotopic (exact) mass is 717 g/mol. The molecular formula is C51H35N5. The van der Waals surface area contributed by atoms with Crippen LogP contribution < -0.4 is 4.90 Å². The maximum atomic E-state index is 5.28. The molecule has 0 atom stereocenters. The number of aromatic nitrogens is 4. The first-order chi connectivity index (χ1) is 27.8. The zero-order chi connectivity index (χ0) is 37.3. The summed E-state index contributed by atoms with van der Waals surface area (Å²) in [6.07, 6.45) is 0. The molecule has 0 spiro atoms. The zero-order valence-electron chi connectivity index (χ0n) is 30.4. The number of anilines is 3. The fraction of sp³-hybridized carbons (Fsp3) is 0. The molecule has 0 saturated carbocycles. The lowest BCUT2D eigenvalue weighted by molar-refractivity contribution is 1.08. The molecule has 10 rings (SSSR count). The van der Waals surface area contributed by atoms with Crippen molar-refractivity contribution in [1.29, 1.82) is 0 Å². The molecule has 0 unspecified atom stereocenters. The van der Waals surface area contributed by atoms with Gasteiger partial charge in [0.1, 0.15) is 0 Å². The Morgan fingerprint density at radius 2 is 0.857 bits per heavy atom. The van der Waals surface area contributed by atoms with Crippen LogP contribution in [0.1, 0.15) is 0 Å². The Morgan fingerprint density at radius 1 is 0.357 bits per heavy atom. The maximum absolute atomic E-state index is 5.28. The number of benzene rings is 8. The van der Waals surface area contributed by atoms with Gasteiger partial charge in [0.05, 0.1) is 16.7 Å². The summed E-state index contributed by atoms with van der Waals surface area (Å²) in [5.41, 5.74) is 11.5. The minimum absolute atomic E-state index is 0.611. The number of para-hydroxylation sites is 5. The molecule has 0 saturated heterocycles. The minimum atomic E-state index is 0.611. The average molecular weight is 718 g/mol. The fourth-order valence-corrected chi connectivity index (χ4v) is 7.72. The summed E-state index contributed by atoms with van der Waals surface area (Å²) in [7, 11) is 0. The summed E-state index contributed by atoms with van der Waals surface area (Å²) in [5, 5.41) is 2.25. The smallest absolute Gasteiger partial charge is 0.164 e. The van der Waals surface area contributed by atoms with E-state index in [9.17, 15) is 0 Å². The van der Waals surface area contributed by atoms with E-state index in [1.54, 1.807) is 0 Å². The van der Waals surface area contributed by atoms with Crippen LogP contribution in [0.3, 0.4) is 0 Å². The molecule has 264 valence electrons. The quantitative estimate of drug-likeness (QED) is 0.157. The molecule has 0 fully saturated rings. The first-order valence-electron chi connectivity index (χ1n) is 18.8. The van der Waals surface area contributed by atoms with E-state index in [2.05, 4.69) is 204 Å². The van der Waals surface area contributed by atoms with Crippen molar-refractivity contribution in [3.63, 3.8) is 0 Å². The summed E-state index contributed by atoms with van der Waals surface area (Å²) in [5.74, 6) is 1.86. The molecule has 0 aliphatic carbocycles. The van der Waals surface area contributed by atoms with Crippen LogP contribution in [-0.2, 0) is 0 Å². The Balaban J connectivity index is 1.16. The number of hydrogen-bond donors (Lipinski definition) is 0. The molecule has 8 aromatic carbocycles. The van der Waals surface area contributed by atoms with Crippen molar-refractivity contribution in [2.24, 2.45) is 0 Å². The Kier molecular flexibility index (Phi) is 8.43. The third-order valence-electron chi connectivity index (χ3n) is 10.2. The SMILES string of the molecule is c1ccc(-c2nc(-c3cccc(-c4ccccc4N(c4ccccc4)c4ccccc4)c3)nc(-c3cccc4c3c3ccccc3n4-c3ccccc3)n2)cc1. The standard InChI is InChI=1S/C51H35N5/c1-5-19-36(20-6-1)49-52-50(54-51(53-49)44-31-18-34-47-48(44)43-30-14-16-33-46(43)56(47)41-27-11-4-12-28-41)38-22-17-21-37(35-38)42-29-13-15-32-45(42)55(39-23-7-2-8-24-39)40-25-9-3-10-26-40/h1-35H. The van der Waals surface area contributed by atoms with Crippen LogP contribution in [0.4, 0.5) is 17.1 Å². The zero-order valence-corrected chi connectivity index (χ0v) is 30.4. The first kappa shape index (κ1) is 33.0. The second-order valence-electron chi connectivity index (χ2n) is 13.7. The van der Waals surface area contributed by atoms with Crippen LogP contribution >= 0.6 is 0 Å². The maximum Gasteiger partial charge on any atom is 0.164 e. The topological polar surface area (TPSA) is 46.8 Å². The lowest BCUT2D eigenvalue weighted by Crippen LogP contribution is -2.10. The van der Waals surface area contributed by atoms with Crippen LogP contribution in [0.15, 0.2) is 212 Å². The predicted molar refractivity (Wildman–Crippen MR) is 231 cm³/mol. The molecular weight excluding hydrogens is 683 g/mol. The molecule has 0 aliphatic rings. The van der Waals surface area contributed by atoms with E-state index in [-0.39, 0.29) is 0 Å². The molecule has 0 aliphatic heterocycles. The average Bonchev–Trinajstić information content (AvgIpc) is 3.63. The van der Waals surface area contributed by atoms with Crippen molar-refractivity contribution in [2.75, 3.05) is 4.90 Å². The van der Waals surface area contributed by atoms with Gasteiger partial charge in [-0.05, 0) is 66.2 Å². The van der Waals surface area contributed by atoms with Gasteiger partial charge in [-0.2, -0.15) is 0 Å². The van der Waals surface area contributed by atoms with E-state index in [1.807, 2.05) is 18.2 Å². The van der Waals surface area contributed by atoms with Crippen molar-refractivity contribution in [3.05, 3.63) is 212 Å². The molecule has 0 amide bonds. The minimum Gasteiger partial charge on any atom is -0.310 e. The third-order valence-corrected chi connectivity index (χ3v) is 10.2. The Hall–Kier alpha value is -7.63. The van der Waals surface area contributed by atoms with E-state index in [0.717, 1.165) is 72.4 Å². The van der Waals surface area contributed by atoms with Crippen molar-refractivity contribution in [1.82, 2.24) is 19.5 Å². The van der Waals surface area contributed by atoms with Crippen molar-refractivity contribution in [3.8, 4) is 51.0 Å². The third kappa shape index (κ3) is 5.98. The second kappa shape index (κ2) is 14.3. The summed E-state index contributed by atoms with van der Waals surface area (Å²) in [6, 6.07) is 73.8. The van der Waals surface area contributed by atoms with Crippen LogP contribution in [0.5, 0.6) is 0 Å². The highest BCUT2D eigenvalue weighted by molar-refractivity contribution is 6.15. The van der Waals surface area contributed by atoms with Crippen molar-refractivity contribution in [2.45, 2.75) is 0 Å². The molecule has 0 radical (unpaired) electrons. The van der Waals surface area contributed by atoms with E-state index < -0.39 is 0 Å². The molecule has 5 nitrogen and oxygen atoms in total. The predicted octanol–water partition coefficient (Wildman–Crippen LogP) is 13.1. The van der Waals surface area contributed by atoms with Crippen molar-refractivity contribution >= 4 is 38.9 Å². The van der Waals surface area contributed by atoms with E-state index in [4.69, 9.17) is 15.0 Å². The lowest BCUT2D eigenvalue weighted by Gasteiger charge is -2.27. The molecule has 10 aromatic rings. The van der Waals surface area contributed by atoms with Gasteiger partial charge in [0.15, 0.2) is 17.5 Å². The van der Waals surface area contributed by atoms with Crippen LogP contribution in [-0.4, -0.2) is 19.5 Å². The summed E-state index contributed by atoms with van der Waals surface area (Å²) >= 11 is 0. The normalized spacial score (nSPS) is 11.2. The number of hydrogen-bond acceptors (Lipinski definition) is 4. The highest BCUT2D eigenvalue weighted by Gasteiger charge is 2.21. The second-order valence-corrected chi connectivity index (χ2v) is 13.7. The Bertz CT molecular complexity index is 2920. The summed E-state index contributed by atoms with van der Waals surface area (Å²) in [4.78, 5) is 17.9. The van der Waals surface area contributed by atoms with Gasteiger partial charge in [0, 0.05) is 50.1 Å². The van der Waals surface area contributed by atoms with Gasteiger partial charge < -0.3 is 9.47 Å². The number of fused-ring (bicyclic) bond motifs is 3. The molecule has 2 heterocycles. The number of nitrogens with zero attached hydrogens (tertiary/aromatic N) is 5. The number of rotatable bonds is 8. The largest absolute Gasteiger partial charge is 0.310 e. The van der Waals surface area contributed by atoms with Gasteiger partial charge in [0.2, 0.25) is 0 Å². The van der Waals surface area contributed by atoms with Gasteiger partial charge in [-0.25, -0.2) is 15.0 Å². The lowest BCUT2D eigenvalue weighted by atomic mass is 9.99. The summed E-state index contributed by atoms with van der Waals surface area (Å²) < 4.78 is 2.32. The fourth-order valence-electron chi connectivity index (χ4n) is 7.72. The van der Waals surface area contributed by atoms with E-state index in [1.165, 1.54) is 0 Å². The van der Waals surface area contributed by atoms with Crippen LogP contribution in [0.25, 0.3) is 72.8 Å². The first-order valence-corrected chi connectivity index (χ1v) is 18.8. The Labute approximate surface area is 325 Å². The Morgan fingerprint density at radius 3 is 1.59 bits per heavy atom. The molecule has 0 bridgehead atoms. The molecule has 2 aromatic heterocycles. The summed E-state index contributed by atoms with van der Waals surface area (Å²) in [6.45, 7) is 0. The highest BCUT2D eigenvalue weighted by Crippen LogP contribution is 2.42.